The molecule has 1 fully saturated rings. The summed E-state index contributed by atoms with van der Waals surface area (Å²) >= 11 is 0. The SMILES string of the molecule is CCC(NCC1(O)CCCC(C)C1)C(N)=O. The Kier molecular flexibility index (Phi) is 4.74. The summed E-state index contributed by atoms with van der Waals surface area (Å²) in [6, 6.07) is -0.318. The van der Waals surface area contributed by atoms with Gasteiger partial charge in [-0.25, -0.2) is 0 Å². The average Bonchev–Trinajstić information content (AvgIpc) is 2.17. The van der Waals surface area contributed by atoms with E-state index in [-0.39, 0.29) is 11.9 Å². The molecule has 0 aliphatic heterocycles. The second-order valence-electron chi connectivity index (χ2n) is 5.17. The van der Waals surface area contributed by atoms with Crippen molar-refractivity contribution >= 4 is 5.91 Å². The van der Waals surface area contributed by atoms with E-state index in [0.717, 1.165) is 19.3 Å². The first kappa shape index (κ1) is 13.5. The third-order valence-corrected chi connectivity index (χ3v) is 3.50. The fourth-order valence-electron chi connectivity index (χ4n) is 2.55. The lowest BCUT2D eigenvalue weighted by Crippen LogP contribution is -2.50. The Morgan fingerprint density at radius 2 is 2.38 bits per heavy atom. The second-order valence-corrected chi connectivity index (χ2v) is 5.17. The number of nitrogens with two attached hydrogens (primary N) is 1. The lowest BCUT2D eigenvalue weighted by molar-refractivity contribution is -0.120. The van der Waals surface area contributed by atoms with Gasteiger partial charge < -0.3 is 16.2 Å². The van der Waals surface area contributed by atoms with Crippen LogP contribution in [0.3, 0.4) is 0 Å². The fraction of sp³-hybridized carbons (Fsp3) is 0.917. The Bertz CT molecular complexity index is 245. The number of rotatable bonds is 5. The van der Waals surface area contributed by atoms with Gasteiger partial charge in [-0.3, -0.25) is 4.79 Å². The van der Waals surface area contributed by atoms with Gasteiger partial charge >= 0.3 is 0 Å². The largest absolute Gasteiger partial charge is 0.389 e. The Morgan fingerprint density at radius 1 is 1.69 bits per heavy atom. The number of nitrogens with one attached hydrogen (secondary N) is 1. The van der Waals surface area contributed by atoms with Gasteiger partial charge in [0, 0.05) is 6.54 Å². The molecule has 1 rings (SSSR count). The zero-order valence-electron chi connectivity index (χ0n) is 10.3. The summed E-state index contributed by atoms with van der Waals surface area (Å²) in [5, 5.41) is 13.4. The van der Waals surface area contributed by atoms with E-state index in [9.17, 15) is 9.90 Å². The number of hydrogen-bond acceptors (Lipinski definition) is 3. The van der Waals surface area contributed by atoms with Gasteiger partial charge in [0.2, 0.25) is 5.91 Å². The molecule has 94 valence electrons. The molecule has 0 heterocycles. The first-order chi connectivity index (χ1) is 7.47. The van der Waals surface area contributed by atoms with Gasteiger partial charge in [-0.2, -0.15) is 0 Å². The molecule has 1 aliphatic carbocycles. The van der Waals surface area contributed by atoms with Crippen LogP contribution in [0.1, 0.15) is 46.0 Å². The van der Waals surface area contributed by atoms with Crippen molar-refractivity contribution < 1.29 is 9.90 Å². The highest BCUT2D eigenvalue weighted by Crippen LogP contribution is 2.31. The summed E-state index contributed by atoms with van der Waals surface area (Å²) in [6.07, 6.45) is 4.55. The molecule has 0 aromatic rings. The predicted molar refractivity (Wildman–Crippen MR) is 63.9 cm³/mol. The first-order valence-corrected chi connectivity index (χ1v) is 6.22. The van der Waals surface area contributed by atoms with Crippen LogP contribution in [0.15, 0.2) is 0 Å². The molecule has 0 bridgehead atoms. The van der Waals surface area contributed by atoms with Crippen LogP contribution in [0.2, 0.25) is 0 Å². The first-order valence-electron chi connectivity index (χ1n) is 6.22. The van der Waals surface area contributed by atoms with Crippen LogP contribution in [0.5, 0.6) is 0 Å². The summed E-state index contributed by atoms with van der Waals surface area (Å²) in [5.41, 5.74) is 4.60. The molecule has 1 amide bonds. The molecule has 3 unspecified atom stereocenters. The standard InChI is InChI=1S/C12H24N2O2/c1-3-10(11(13)15)14-8-12(16)6-4-5-9(2)7-12/h9-10,14,16H,3-8H2,1-2H3,(H2,13,15). The van der Waals surface area contributed by atoms with Crippen molar-refractivity contribution in [3.63, 3.8) is 0 Å². The molecule has 16 heavy (non-hydrogen) atoms. The van der Waals surface area contributed by atoms with Gasteiger partial charge in [0.25, 0.3) is 0 Å². The minimum Gasteiger partial charge on any atom is -0.389 e. The topological polar surface area (TPSA) is 75.3 Å². The maximum absolute atomic E-state index is 11.1. The van der Waals surface area contributed by atoms with Crippen LogP contribution in [-0.2, 0) is 4.79 Å². The summed E-state index contributed by atoms with van der Waals surface area (Å²) < 4.78 is 0. The molecule has 0 aromatic heterocycles. The maximum atomic E-state index is 11.1. The van der Waals surface area contributed by atoms with Crippen molar-refractivity contribution in [2.75, 3.05) is 6.54 Å². The van der Waals surface area contributed by atoms with Gasteiger partial charge in [-0.05, 0) is 25.2 Å². The monoisotopic (exact) mass is 228 g/mol. The molecule has 4 N–H and O–H groups in total. The number of carbonyl (C=O) groups is 1. The smallest absolute Gasteiger partial charge is 0.234 e. The van der Waals surface area contributed by atoms with Crippen molar-refractivity contribution in [3.05, 3.63) is 0 Å². The van der Waals surface area contributed by atoms with Crippen LogP contribution >= 0.6 is 0 Å². The molecule has 4 nitrogen and oxygen atoms in total. The van der Waals surface area contributed by atoms with E-state index in [0.29, 0.717) is 18.9 Å². The maximum Gasteiger partial charge on any atom is 0.234 e. The van der Waals surface area contributed by atoms with Crippen molar-refractivity contribution in [1.29, 1.82) is 0 Å². The molecule has 3 atom stereocenters. The number of carbonyl (C=O) groups excluding carboxylic acids is 1. The van der Waals surface area contributed by atoms with E-state index in [2.05, 4.69) is 12.2 Å². The quantitative estimate of drug-likeness (QED) is 0.651. The third-order valence-electron chi connectivity index (χ3n) is 3.50. The molecule has 0 spiro atoms. The molecule has 0 radical (unpaired) electrons. The van der Waals surface area contributed by atoms with Crippen molar-refractivity contribution in [2.24, 2.45) is 11.7 Å². The van der Waals surface area contributed by atoms with Crippen molar-refractivity contribution in [3.8, 4) is 0 Å². The Morgan fingerprint density at radius 3 is 2.88 bits per heavy atom. The molecular weight excluding hydrogens is 204 g/mol. The molecule has 1 aliphatic rings. The molecule has 0 aromatic carbocycles. The van der Waals surface area contributed by atoms with E-state index in [1.165, 1.54) is 6.42 Å². The van der Waals surface area contributed by atoms with Crippen LogP contribution < -0.4 is 11.1 Å². The summed E-state index contributed by atoms with van der Waals surface area (Å²) in [6.45, 7) is 4.55. The zero-order chi connectivity index (χ0) is 12.2. The van der Waals surface area contributed by atoms with Gasteiger partial charge in [0.05, 0.1) is 11.6 Å². The Balaban J connectivity index is 2.43. The van der Waals surface area contributed by atoms with Gasteiger partial charge in [-0.15, -0.1) is 0 Å². The number of hydrogen-bond donors (Lipinski definition) is 3. The van der Waals surface area contributed by atoms with Crippen LogP contribution in [0.25, 0.3) is 0 Å². The van der Waals surface area contributed by atoms with Crippen LogP contribution in [0.4, 0.5) is 0 Å². The van der Waals surface area contributed by atoms with E-state index < -0.39 is 5.60 Å². The highest BCUT2D eigenvalue weighted by atomic mass is 16.3. The summed E-state index contributed by atoms with van der Waals surface area (Å²) in [7, 11) is 0. The number of amides is 1. The number of aliphatic hydroxyl groups is 1. The van der Waals surface area contributed by atoms with E-state index in [4.69, 9.17) is 5.73 Å². The molecular formula is C12H24N2O2. The van der Waals surface area contributed by atoms with Crippen LogP contribution in [-0.4, -0.2) is 29.2 Å². The average molecular weight is 228 g/mol. The normalized spacial score (nSPS) is 32.3. The highest BCUT2D eigenvalue weighted by Gasteiger charge is 2.33. The second kappa shape index (κ2) is 5.64. The minimum atomic E-state index is -0.652. The Labute approximate surface area is 97.6 Å². The van der Waals surface area contributed by atoms with Gasteiger partial charge in [0.1, 0.15) is 0 Å². The third kappa shape index (κ3) is 3.76. The van der Waals surface area contributed by atoms with E-state index >= 15 is 0 Å². The lowest BCUT2D eigenvalue weighted by Gasteiger charge is -2.36. The van der Waals surface area contributed by atoms with Crippen LogP contribution in [0, 0.1) is 5.92 Å². The van der Waals surface area contributed by atoms with Gasteiger partial charge in [-0.1, -0.05) is 26.7 Å². The Hall–Kier alpha value is -0.610. The molecule has 1 saturated carbocycles. The van der Waals surface area contributed by atoms with Crippen molar-refractivity contribution in [2.45, 2.75) is 57.6 Å². The fourth-order valence-corrected chi connectivity index (χ4v) is 2.55. The highest BCUT2D eigenvalue weighted by molar-refractivity contribution is 5.79. The molecule has 4 heteroatoms. The predicted octanol–water partition coefficient (Wildman–Crippen LogP) is 0.781. The van der Waals surface area contributed by atoms with E-state index in [1.807, 2.05) is 6.92 Å². The number of primary amides is 1. The summed E-state index contributed by atoms with van der Waals surface area (Å²) in [4.78, 5) is 11.1. The molecule has 0 saturated heterocycles. The van der Waals surface area contributed by atoms with E-state index in [1.54, 1.807) is 0 Å². The minimum absolute atomic E-state index is 0.318. The summed E-state index contributed by atoms with van der Waals surface area (Å²) in [5.74, 6) is 0.226. The van der Waals surface area contributed by atoms with Gasteiger partial charge in [0.15, 0.2) is 0 Å². The van der Waals surface area contributed by atoms with Crippen molar-refractivity contribution in [1.82, 2.24) is 5.32 Å². The zero-order valence-corrected chi connectivity index (χ0v) is 10.3. The lowest BCUT2D eigenvalue weighted by atomic mass is 9.79.